The summed E-state index contributed by atoms with van der Waals surface area (Å²) < 4.78 is 51.3. The van der Waals surface area contributed by atoms with Gasteiger partial charge in [-0.3, -0.25) is 4.57 Å². The average Bonchev–Trinajstić information content (AvgIpc) is 4.48. The average molecular weight is 996 g/mol. The number of ether oxygens (including phenoxy) is 1. The van der Waals surface area contributed by atoms with E-state index in [1.165, 1.54) is 49.3 Å². The molecule has 1 aliphatic rings. The van der Waals surface area contributed by atoms with Gasteiger partial charge < -0.3 is 28.2 Å². The van der Waals surface area contributed by atoms with Gasteiger partial charge >= 0.3 is 0 Å². The standard InChI is InChI=1S/C69H49N7O/c1-43-36-66(70-41-57(43)44-18-5-4-6-19-44)76-62-35-32-46(75-60-28-13-9-22-49(60)50-23-10-14-29-61(50)75)38-54(62)53-34-33-48(39-65(53)76)77-47-21-17-20-45(37-47)73-42-74(64-31-16-15-30-63(64)73)69-67-55(51-24-7-11-26-58(51)71(67)2)40-56-52-25-8-12-27-59(52)72(3)68(56)69/h4-41H,42H2,1-3H3/i9D,13D,22D,28D. The first-order chi connectivity index (χ1) is 39.6. The third kappa shape index (κ3) is 6.36. The second kappa shape index (κ2) is 16.5. The molecule has 8 nitrogen and oxygen atoms in total. The van der Waals surface area contributed by atoms with Crippen molar-refractivity contribution in [2.24, 2.45) is 14.1 Å². The molecule has 0 fully saturated rings. The number of fused-ring (bicyclic) bond motifs is 13. The zero-order valence-electron chi connectivity index (χ0n) is 46.4. The molecule has 5 aromatic heterocycles. The molecule has 0 atom stereocenters. The van der Waals surface area contributed by atoms with Crippen LogP contribution in [0, 0.1) is 6.92 Å². The molecule has 0 amide bonds. The van der Waals surface area contributed by atoms with Crippen molar-refractivity contribution in [3.05, 3.63) is 236 Å². The normalized spacial score (nSPS) is 13.5. The molecule has 0 saturated carbocycles. The van der Waals surface area contributed by atoms with Gasteiger partial charge in [-0.15, -0.1) is 0 Å². The van der Waals surface area contributed by atoms with Crippen LogP contribution in [-0.4, -0.2) is 29.9 Å². The summed E-state index contributed by atoms with van der Waals surface area (Å²) in [4.78, 5) is 10.0. The van der Waals surface area contributed by atoms with Crippen LogP contribution in [0.1, 0.15) is 11.0 Å². The summed E-state index contributed by atoms with van der Waals surface area (Å²) >= 11 is 0. The summed E-state index contributed by atoms with van der Waals surface area (Å²) in [5, 5.41) is 8.10. The summed E-state index contributed by atoms with van der Waals surface area (Å²) in [6.07, 6.45) is 1.95. The second-order valence-corrected chi connectivity index (χ2v) is 20.3. The first kappa shape index (κ1) is 39.4. The highest BCUT2D eigenvalue weighted by molar-refractivity contribution is 6.25. The molecular weight excluding hydrogens is 943 g/mol. The third-order valence-electron chi connectivity index (χ3n) is 16.1. The lowest BCUT2D eigenvalue weighted by Gasteiger charge is -2.25. The number of rotatable bonds is 7. The van der Waals surface area contributed by atoms with Crippen LogP contribution in [-0.2, 0) is 14.1 Å². The first-order valence-electron chi connectivity index (χ1n) is 28.0. The Morgan fingerprint density at radius 3 is 1.81 bits per heavy atom. The van der Waals surface area contributed by atoms with Crippen LogP contribution in [0.3, 0.4) is 0 Å². The Balaban J connectivity index is 0.826. The fourth-order valence-corrected chi connectivity index (χ4v) is 12.7. The Bertz CT molecular complexity index is 5090. The summed E-state index contributed by atoms with van der Waals surface area (Å²) in [5.41, 5.74) is 16.2. The number of para-hydroxylation sites is 6. The van der Waals surface area contributed by atoms with E-state index < -0.39 is 0 Å². The van der Waals surface area contributed by atoms with Crippen molar-refractivity contribution in [1.82, 2.24) is 23.3 Å². The topological polar surface area (TPSA) is 48.3 Å². The van der Waals surface area contributed by atoms with E-state index in [0.717, 1.165) is 78.0 Å². The first-order valence-corrected chi connectivity index (χ1v) is 26.0. The number of pyridine rings is 1. The zero-order chi connectivity index (χ0) is 54.5. The van der Waals surface area contributed by atoms with Gasteiger partial charge in [0.15, 0.2) is 0 Å². The number of aromatic nitrogens is 5. The number of benzene rings is 10. The van der Waals surface area contributed by atoms with Crippen molar-refractivity contribution in [2.45, 2.75) is 6.92 Å². The molecule has 10 aromatic carbocycles. The SMILES string of the molecule is [2H]c1c([2H])c([2H])c2c(c1[2H])c1ccccc1n2-c1ccc2c(c1)c1ccc(Oc3cccc(N4CN(c5c6c(cc7c8ccccc8n(C)c57)c5ccccc5n6C)c5ccccc54)c3)cc1n2-c1cc(C)c(-c2ccccc2)cn1. The van der Waals surface area contributed by atoms with Gasteiger partial charge in [0.2, 0.25) is 0 Å². The number of hydrogen-bond donors (Lipinski definition) is 0. The molecular formula is C69H49N7O. The summed E-state index contributed by atoms with van der Waals surface area (Å²) in [7, 11) is 4.38. The van der Waals surface area contributed by atoms with Crippen LogP contribution in [0.15, 0.2) is 231 Å². The largest absolute Gasteiger partial charge is 0.457 e. The maximum atomic E-state index is 9.17. The minimum Gasteiger partial charge on any atom is -0.457 e. The monoisotopic (exact) mass is 995 g/mol. The maximum Gasteiger partial charge on any atom is 0.137 e. The Kier molecular flexibility index (Phi) is 8.43. The van der Waals surface area contributed by atoms with Gasteiger partial charge in [-0.1, -0.05) is 121 Å². The van der Waals surface area contributed by atoms with Crippen LogP contribution in [0.25, 0.3) is 110 Å². The molecule has 0 bridgehead atoms. The van der Waals surface area contributed by atoms with E-state index in [1.54, 1.807) is 0 Å². The molecule has 1 aliphatic heterocycles. The summed E-state index contributed by atoms with van der Waals surface area (Å²) in [6, 6.07) is 68.9. The van der Waals surface area contributed by atoms with Gasteiger partial charge in [0, 0.05) is 103 Å². The van der Waals surface area contributed by atoms with Crippen LogP contribution in [0.5, 0.6) is 11.5 Å². The molecule has 16 rings (SSSR count). The Labute approximate surface area is 449 Å². The summed E-state index contributed by atoms with van der Waals surface area (Å²) in [5.74, 6) is 2.10. The lowest BCUT2D eigenvalue weighted by Crippen LogP contribution is -2.25. The second-order valence-electron chi connectivity index (χ2n) is 20.3. The number of anilines is 4. The Morgan fingerprint density at radius 2 is 1.06 bits per heavy atom. The van der Waals surface area contributed by atoms with Crippen molar-refractivity contribution in [2.75, 3.05) is 16.5 Å². The minimum absolute atomic E-state index is 0.0541. The molecule has 77 heavy (non-hydrogen) atoms. The molecule has 0 spiro atoms. The van der Waals surface area contributed by atoms with Crippen molar-refractivity contribution in [3.8, 4) is 34.1 Å². The van der Waals surface area contributed by atoms with E-state index in [-0.39, 0.29) is 24.2 Å². The van der Waals surface area contributed by atoms with Crippen molar-refractivity contribution >= 4 is 110 Å². The van der Waals surface area contributed by atoms with Gasteiger partial charge in [-0.25, -0.2) is 4.98 Å². The maximum absolute atomic E-state index is 9.17. The third-order valence-corrected chi connectivity index (χ3v) is 16.1. The van der Waals surface area contributed by atoms with Gasteiger partial charge in [0.25, 0.3) is 0 Å². The van der Waals surface area contributed by atoms with E-state index in [4.69, 9.17) is 13.8 Å². The van der Waals surface area contributed by atoms with Crippen LogP contribution in [0.4, 0.5) is 22.7 Å². The van der Waals surface area contributed by atoms with E-state index in [2.05, 4.69) is 184 Å². The van der Waals surface area contributed by atoms with Gasteiger partial charge in [0.05, 0.1) is 55.6 Å². The molecule has 0 saturated heterocycles. The Morgan fingerprint density at radius 1 is 0.442 bits per heavy atom. The predicted octanol–water partition coefficient (Wildman–Crippen LogP) is 17.6. The highest BCUT2D eigenvalue weighted by Gasteiger charge is 2.33. The number of hydrogen-bond acceptors (Lipinski definition) is 4. The highest BCUT2D eigenvalue weighted by Crippen LogP contribution is 2.51. The highest BCUT2D eigenvalue weighted by atomic mass is 16.5. The molecule has 0 aliphatic carbocycles. The minimum atomic E-state index is -0.266. The molecule has 8 heteroatoms. The molecule has 0 unspecified atom stereocenters. The fraction of sp³-hybridized carbons (Fsp3) is 0.0580. The zero-order valence-corrected chi connectivity index (χ0v) is 42.4. The van der Waals surface area contributed by atoms with E-state index in [9.17, 15) is 1.37 Å². The van der Waals surface area contributed by atoms with E-state index in [0.29, 0.717) is 29.1 Å². The Hall–Kier alpha value is -10.1. The predicted molar refractivity (Wildman–Crippen MR) is 320 cm³/mol. The molecule has 0 radical (unpaired) electrons. The lowest BCUT2D eigenvalue weighted by molar-refractivity contribution is 0.483. The molecule has 366 valence electrons. The van der Waals surface area contributed by atoms with E-state index >= 15 is 0 Å². The van der Waals surface area contributed by atoms with Crippen molar-refractivity contribution < 1.29 is 10.2 Å². The smallest absolute Gasteiger partial charge is 0.137 e. The van der Waals surface area contributed by atoms with Crippen molar-refractivity contribution in [1.29, 1.82) is 0 Å². The lowest BCUT2D eigenvalue weighted by atomic mass is 10.0. The van der Waals surface area contributed by atoms with Crippen LogP contribution >= 0.6 is 0 Å². The van der Waals surface area contributed by atoms with Crippen molar-refractivity contribution in [3.63, 3.8) is 0 Å². The molecule has 6 heterocycles. The number of aryl methyl sites for hydroxylation is 3. The van der Waals surface area contributed by atoms with Gasteiger partial charge in [-0.05, 0) is 109 Å². The van der Waals surface area contributed by atoms with Crippen LogP contribution < -0.4 is 14.5 Å². The van der Waals surface area contributed by atoms with Crippen LogP contribution in [0.2, 0.25) is 0 Å². The summed E-state index contributed by atoms with van der Waals surface area (Å²) in [6.45, 7) is 2.69. The molecule has 15 aromatic rings. The van der Waals surface area contributed by atoms with Gasteiger partial charge in [-0.2, -0.15) is 0 Å². The number of nitrogens with zero attached hydrogens (tertiary/aromatic N) is 7. The van der Waals surface area contributed by atoms with Gasteiger partial charge in [0.1, 0.15) is 24.0 Å². The fourth-order valence-electron chi connectivity index (χ4n) is 12.7. The van der Waals surface area contributed by atoms with E-state index in [1.807, 2.05) is 71.4 Å². The quantitative estimate of drug-likeness (QED) is 0.160. The molecule has 0 N–H and O–H groups in total.